The van der Waals surface area contributed by atoms with Crippen molar-refractivity contribution in [3.63, 3.8) is 0 Å². The van der Waals surface area contributed by atoms with Crippen molar-refractivity contribution >= 4 is 23.9 Å². The van der Waals surface area contributed by atoms with E-state index in [0.717, 1.165) is 29.2 Å². The lowest BCUT2D eigenvalue weighted by Gasteiger charge is -2.27. The summed E-state index contributed by atoms with van der Waals surface area (Å²) < 4.78 is 5.55. The summed E-state index contributed by atoms with van der Waals surface area (Å²) in [5.41, 5.74) is 0.267. The van der Waals surface area contributed by atoms with Gasteiger partial charge in [-0.2, -0.15) is 5.06 Å². The van der Waals surface area contributed by atoms with Gasteiger partial charge in [0.1, 0.15) is 12.2 Å². The molecule has 1 saturated heterocycles. The number of amides is 5. The summed E-state index contributed by atoms with van der Waals surface area (Å²) >= 11 is 0. The first kappa shape index (κ1) is 38.0. The number of unbranched alkanes of at least 4 members (excludes halogenated alkanes) is 15. The molecule has 0 aliphatic carbocycles. The Morgan fingerprint density at radius 1 is 0.889 bits per heavy atom. The fraction of sp³-hybridized carbons (Fsp3) is 0.735. The molecule has 254 valence electrons. The van der Waals surface area contributed by atoms with Crippen LogP contribution in [0.5, 0.6) is 0 Å². The maximum atomic E-state index is 13.0. The van der Waals surface area contributed by atoms with Crippen LogP contribution in [0.15, 0.2) is 24.4 Å². The first-order chi connectivity index (χ1) is 21.9. The summed E-state index contributed by atoms with van der Waals surface area (Å²) in [5.74, 6) is -0.827. The predicted molar refractivity (Wildman–Crippen MR) is 174 cm³/mol. The smallest absolute Gasteiger partial charge is 0.423 e. The number of nitrogens with one attached hydrogen (secondary N) is 1. The Labute approximate surface area is 270 Å². The first-order valence-corrected chi connectivity index (χ1v) is 17.2. The van der Waals surface area contributed by atoms with Crippen LogP contribution >= 0.6 is 0 Å². The van der Waals surface area contributed by atoms with Gasteiger partial charge in [-0.1, -0.05) is 116 Å². The van der Waals surface area contributed by atoms with Crippen LogP contribution in [0, 0.1) is 0 Å². The minimum atomic E-state index is -1.05. The van der Waals surface area contributed by atoms with E-state index < -0.39 is 24.3 Å². The number of carbonyl (C=O) groups excluding carboxylic acids is 4. The highest BCUT2D eigenvalue weighted by Crippen LogP contribution is 2.19. The molecular weight excluding hydrogens is 574 g/mol. The van der Waals surface area contributed by atoms with Gasteiger partial charge in [0.25, 0.3) is 11.8 Å². The number of carbonyl (C=O) groups is 4. The normalized spacial score (nSPS) is 13.8. The number of hydrogen-bond acceptors (Lipinski definition) is 7. The maximum Gasteiger partial charge on any atom is 0.435 e. The molecule has 11 heteroatoms. The third-order valence-corrected chi connectivity index (χ3v) is 8.15. The molecule has 1 unspecified atom stereocenters. The molecule has 0 saturated carbocycles. The fourth-order valence-corrected chi connectivity index (χ4v) is 5.47. The van der Waals surface area contributed by atoms with Crippen molar-refractivity contribution in [1.29, 1.82) is 0 Å². The SMILES string of the molecule is CCCCCCCCCCCCCCCCCCN(OC)C(=O)OC(CC)N1C(=O)CN(CCNC(=O)c2ccccn2)C1=O. The van der Waals surface area contributed by atoms with Gasteiger partial charge in [-0.15, -0.1) is 0 Å². The Hall–Kier alpha value is -3.21. The van der Waals surface area contributed by atoms with E-state index in [1.165, 1.54) is 102 Å². The van der Waals surface area contributed by atoms with Crippen molar-refractivity contribution in [3.8, 4) is 0 Å². The Morgan fingerprint density at radius 2 is 1.47 bits per heavy atom. The van der Waals surface area contributed by atoms with Crippen LogP contribution in [-0.4, -0.2) is 83.3 Å². The number of nitrogens with zero attached hydrogens (tertiary/aromatic N) is 4. The molecule has 1 fully saturated rings. The average molecular weight is 632 g/mol. The molecule has 1 aliphatic rings. The number of hydrogen-bond donors (Lipinski definition) is 1. The summed E-state index contributed by atoms with van der Waals surface area (Å²) in [4.78, 5) is 62.3. The van der Waals surface area contributed by atoms with Crippen molar-refractivity contribution < 1.29 is 28.8 Å². The van der Waals surface area contributed by atoms with E-state index in [0.29, 0.717) is 6.54 Å². The maximum absolute atomic E-state index is 13.0. The third-order valence-electron chi connectivity index (χ3n) is 8.15. The molecule has 2 heterocycles. The molecule has 45 heavy (non-hydrogen) atoms. The van der Waals surface area contributed by atoms with Gasteiger partial charge >= 0.3 is 12.1 Å². The number of pyridine rings is 1. The molecule has 1 aliphatic heterocycles. The van der Waals surface area contributed by atoms with Crippen LogP contribution in [0.25, 0.3) is 0 Å². The van der Waals surface area contributed by atoms with Crippen molar-refractivity contribution in [2.24, 2.45) is 0 Å². The van der Waals surface area contributed by atoms with Crippen LogP contribution < -0.4 is 5.32 Å². The van der Waals surface area contributed by atoms with E-state index in [-0.39, 0.29) is 37.7 Å². The van der Waals surface area contributed by atoms with Crippen LogP contribution in [0.2, 0.25) is 0 Å². The molecule has 11 nitrogen and oxygen atoms in total. The molecule has 0 aromatic carbocycles. The highest BCUT2D eigenvalue weighted by Gasteiger charge is 2.41. The quantitative estimate of drug-likeness (QED) is 0.0696. The minimum absolute atomic E-state index is 0.132. The number of rotatable bonds is 25. The second-order valence-corrected chi connectivity index (χ2v) is 11.8. The van der Waals surface area contributed by atoms with E-state index >= 15 is 0 Å². The Balaban J connectivity index is 1.59. The van der Waals surface area contributed by atoms with E-state index in [4.69, 9.17) is 9.57 Å². The summed E-state index contributed by atoms with van der Waals surface area (Å²) in [7, 11) is 1.40. The molecule has 1 atom stereocenters. The zero-order valence-electron chi connectivity index (χ0n) is 28.0. The molecule has 1 aromatic rings. The van der Waals surface area contributed by atoms with E-state index in [1.54, 1.807) is 25.1 Å². The van der Waals surface area contributed by atoms with Gasteiger partial charge in [-0.25, -0.2) is 14.5 Å². The highest BCUT2D eigenvalue weighted by atomic mass is 16.7. The van der Waals surface area contributed by atoms with Gasteiger partial charge in [0.15, 0.2) is 6.23 Å². The summed E-state index contributed by atoms with van der Waals surface area (Å²) in [6, 6.07) is 4.45. The van der Waals surface area contributed by atoms with Crippen LogP contribution in [-0.2, 0) is 14.4 Å². The van der Waals surface area contributed by atoms with Crippen molar-refractivity contribution in [2.75, 3.05) is 33.3 Å². The monoisotopic (exact) mass is 631 g/mol. The zero-order chi connectivity index (χ0) is 32.7. The second kappa shape index (κ2) is 23.2. The molecule has 1 N–H and O–H groups in total. The van der Waals surface area contributed by atoms with Gasteiger partial charge in [0, 0.05) is 25.7 Å². The number of aromatic nitrogens is 1. The second-order valence-electron chi connectivity index (χ2n) is 11.8. The van der Waals surface area contributed by atoms with Gasteiger partial charge < -0.3 is 15.0 Å². The van der Waals surface area contributed by atoms with Crippen LogP contribution in [0.4, 0.5) is 9.59 Å². The summed E-state index contributed by atoms with van der Waals surface area (Å²) in [5, 5.41) is 3.84. The standard InChI is InChI=1S/C34H57N5O6/c1-4-6-7-8-9-10-11-12-13-14-15-16-17-18-19-22-26-38(44-3)34(43)45-31(5-2)39-30(40)28-37(33(39)42)27-25-36-32(41)29-23-20-21-24-35-29/h20-21,23-24,31H,4-19,22,25-28H2,1-3H3,(H,36,41). The number of hydroxylamine groups is 2. The van der Waals surface area contributed by atoms with E-state index in [2.05, 4.69) is 17.2 Å². The Bertz CT molecular complexity index is 995. The van der Waals surface area contributed by atoms with Crippen molar-refractivity contribution in [3.05, 3.63) is 30.1 Å². The molecular formula is C34H57N5O6. The van der Waals surface area contributed by atoms with E-state index in [1.807, 2.05) is 0 Å². The molecule has 0 radical (unpaired) electrons. The fourth-order valence-electron chi connectivity index (χ4n) is 5.47. The lowest BCUT2D eigenvalue weighted by atomic mass is 10.0. The van der Waals surface area contributed by atoms with Gasteiger partial charge in [0.2, 0.25) is 0 Å². The predicted octanol–water partition coefficient (Wildman–Crippen LogP) is 7.07. The Kier molecular flexibility index (Phi) is 19.6. The summed E-state index contributed by atoms with van der Waals surface area (Å²) in [6.45, 7) is 4.49. The lowest BCUT2D eigenvalue weighted by molar-refractivity contribution is -0.142. The zero-order valence-corrected chi connectivity index (χ0v) is 28.0. The van der Waals surface area contributed by atoms with Crippen LogP contribution in [0.3, 0.4) is 0 Å². The molecule has 2 rings (SSSR count). The number of imide groups is 1. The topological polar surface area (TPSA) is 121 Å². The van der Waals surface area contributed by atoms with Gasteiger partial charge in [-0.3, -0.25) is 19.4 Å². The Morgan fingerprint density at radius 3 is 1.98 bits per heavy atom. The molecule has 0 spiro atoms. The van der Waals surface area contributed by atoms with Gasteiger partial charge in [-0.05, 0) is 18.6 Å². The summed E-state index contributed by atoms with van der Waals surface area (Å²) in [6.07, 6.45) is 20.2. The third kappa shape index (κ3) is 14.6. The number of ether oxygens (including phenoxy) is 1. The molecule has 0 bridgehead atoms. The minimum Gasteiger partial charge on any atom is -0.423 e. The van der Waals surface area contributed by atoms with E-state index in [9.17, 15) is 19.2 Å². The number of urea groups is 1. The molecule has 1 aromatic heterocycles. The largest absolute Gasteiger partial charge is 0.435 e. The average Bonchev–Trinajstić information content (AvgIpc) is 3.33. The van der Waals surface area contributed by atoms with Crippen LogP contribution in [0.1, 0.15) is 133 Å². The van der Waals surface area contributed by atoms with Gasteiger partial charge in [0.05, 0.1) is 13.7 Å². The van der Waals surface area contributed by atoms with Crippen molar-refractivity contribution in [1.82, 2.24) is 25.2 Å². The molecule has 5 amide bonds. The highest BCUT2D eigenvalue weighted by molar-refractivity contribution is 6.02. The lowest BCUT2D eigenvalue weighted by Crippen LogP contribution is -2.46. The van der Waals surface area contributed by atoms with Crippen molar-refractivity contribution in [2.45, 2.75) is 129 Å². The first-order valence-electron chi connectivity index (χ1n) is 17.2.